The monoisotopic (exact) mass is 275 g/mol. The van der Waals surface area contributed by atoms with Crippen LogP contribution in [0, 0.1) is 0 Å². The highest BCUT2D eigenvalue weighted by Gasteiger charge is 2.15. The molecule has 1 aromatic heterocycles. The molecule has 1 atom stereocenters. The van der Waals surface area contributed by atoms with Gasteiger partial charge in [0.2, 0.25) is 0 Å². The van der Waals surface area contributed by atoms with E-state index < -0.39 is 0 Å². The number of hydrogen-bond acceptors (Lipinski definition) is 2. The first-order chi connectivity index (χ1) is 10.3. The third-order valence-corrected chi connectivity index (χ3v) is 3.42. The van der Waals surface area contributed by atoms with Gasteiger partial charge < -0.3 is 0 Å². The van der Waals surface area contributed by atoms with Crippen molar-refractivity contribution in [2.24, 2.45) is 0 Å². The Morgan fingerprint density at radius 1 is 0.952 bits per heavy atom. The van der Waals surface area contributed by atoms with E-state index in [0.29, 0.717) is 0 Å². The molecule has 2 aromatic carbocycles. The third-order valence-electron chi connectivity index (χ3n) is 3.42. The van der Waals surface area contributed by atoms with E-state index in [1.807, 2.05) is 71.4 Å². The van der Waals surface area contributed by atoms with Crippen molar-refractivity contribution in [3.05, 3.63) is 73.3 Å². The number of allylic oxidation sites excluding steroid dienone is 1. The average Bonchev–Trinajstić information content (AvgIpc) is 3.01. The molecule has 3 heteroatoms. The van der Waals surface area contributed by atoms with Crippen LogP contribution in [0.15, 0.2) is 73.3 Å². The van der Waals surface area contributed by atoms with Crippen LogP contribution in [0.1, 0.15) is 13.0 Å². The van der Waals surface area contributed by atoms with Gasteiger partial charge in [-0.05, 0) is 6.92 Å². The van der Waals surface area contributed by atoms with Crippen LogP contribution < -0.4 is 0 Å². The van der Waals surface area contributed by atoms with E-state index in [9.17, 15) is 0 Å². The summed E-state index contributed by atoms with van der Waals surface area (Å²) < 4.78 is 1.92. The lowest BCUT2D eigenvalue weighted by molar-refractivity contribution is 0.589. The predicted octanol–water partition coefficient (Wildman–Crippen LogP) is 4.36. The average molecular weight is 275 g/mol. The second-order valence-electron chi connectivity index (χ2n) is 4.91. The van der Waals surface area contributed by atoms with Gasteiger partial charge in [-0.2, -0.15) is 0 Å². The van der Waals surface area contributed by atoms with Gasteiger partial charge in [-0.25, -0.2) is 9.67 Å². The van der Waals surface area contributed by atoms with Gasteiger partial charge in [0.15, 0.2) is 11.6 Å². The Balaban J connectivity index is 2.14. The molecule has 0 aliphatic carbocycles. The minimum atomic E-state index is 0.0881. The number of nitrogens with zero attached hydrogens (tertiary/aromatic N) is 3. The summed E-state index contributed by atoms with van der Waals surface area (Å²) in [4.78, 5) is 4.72. The molecule has 3 aromatic rings. The normalized spacial score (nSPS) is 12.0. The van der Waals surface area contributed by atoms with Crippen LogP contribution in [0.2, 0.25) is 0 Å². The molecule has 0 fully saturated rings. The zero-order valence-corrected chi connectivity index (χ0v) is 12.0. The van der Waals surface area contributed by atoms with Crippen molar-refractivity contribution in [3.8, 4) is 22.8 Å². The van der Waals surface area contributed by atoms with Crippen LogP contribution in [0.3, 0.4) is 0 Å². The summed E-state index contributed by atoms with van der Waals surface area (Å²) in [6.45, 7) is 5.92. The van der Waals surface area contributed by atoms with Crippen molar-refractivity contribution in [3.63, 3.8) is 0 Å². The highest BCUT2D eigenvalue weighted by molar-refractivity contribution is 5.61. The quantitative estimate of drug-likeness (QED) is 0.662. The van der Waals surface area contributed by atoms with Crippen LogP contribution in [-0.4, -0.2) is 14.8 Å². The molecule has 0 spiro atoms. The Labute approximate surface area is 124 Å². The lowest BCUT2D eigenvalue weighted by Crippen LogP contribution is -2.06. The van der Waals surface area contributed by atoms with Crippen LogP contribution >= 0.6 is 0 Å². The zero-order valence-electron chi connectivity index (χ0n) is 12.0. The predicted molar refractivity (Wildman–Crippen MR) is 85.8 cm³/mol. The Morgan fingerprint density at radius 2 is 1.52 bits per heavy atom. The summed E-state index contributed by atoms with van der Waals surface area (Å²) in [7, 11) is 0. The Kier molecular flexibility index (Phi) is 3.65. The highest BCUT2D eigenvalue weighted by atomic mass is 15.4. The molecule has 0 aliphatic rings. The van der Waals surface area contributed by atoms with Gasteiger partial charge in [-0.15, -0.1) is 11.7 Å². The van der Waals surface area contributed by atoms with Crippen LogP contribution in [0.25, 0.3) is 22.8 Å². The van der Waals surface area contributed by atoms with Gasteiger partial charge in [0.25, 0.3) is 0 Å². The first-order valence-electron chi connectivity index (χ1n) is 6.99. The fraction of sp³-hybridized carbons (Fsp3) is 0.111. The first-order valence-corrected chi connectivity index (χ1v) is 6.99. The lowest BCUT2D eigenvalue weighted by Gasteiger charge is -2.09. The summed E-state index contributed by atoms with van der Waals surface area (Å²) >= 11 is 0. The van der Waals surface area contributed by atoms with Crippen molar-refractivity contribution in [2.45, 2.75) is 13.0 Å². The molecule has 0 saturated heterocycles. The molecule has 21 heavy (non-hydrogen) atoms. The fourth-order valence-electron chi connectivity index (χ4n) is 2.20. The Morgan fingerprint density at radius 3 is 2.10 bits per heavy atom. The number of aromatic nitrogens is 3. The van der Waals surface area contributed by atoms with Crippen LogP contribution in [0.5, 0.6) is 0 Å². The summed E-state index contributed by atoms with van der Waals surface area (Å²) in [6, 6.07) is 20.2. The van der Waals surface area contributed by atoms with E-state index in [1.165, 1.54) is 0 Å². The summed E-state index contributed by atoms with van der Waals surface area (Å²) in [6.07, 6.45) is 1.87. The third kappa shape index (κ3) is 2.63. The van der Waals surface area contributed by atoms with Gasteiger partial charge in [-0.1, -0.05) is 66.7 Å². The Hall–Kier alpha value is -2.68. The molecule has 1 unspecified atom stereocenters. The van der Waals surface area contributed by atoms with Gasteiger partial charge in [0.1, 0.15) is 0 Å². The Bertz CT molecular complexity index is 730. The lowest BCUT2D eigenvalue weighted by atomic mass is 10.2. The molecular formula is C18H17N3. The van der Waals surface area contributed by atoms with E-state index in [0.717, 1.165) is 22.8 Å². The smallest absolute Gasteiger partial charge is 0.181 e. The van der Waals surface area contributed by atoms with Crippen molar-refractivity contribution in [1.82, 2.24) is 14.8 Å². The maximum atomic E-state index is 4.72. The van der Waals surface area contributed by atoms with Gasteiger partial charge in [-0.3, -0.25) is 0 Å². The molecule has 0 bridgehead atoms. The minimum Gasteiger partial charge on any atom is -0.238 e. The van der Waals surface area contributed by atoms with Gasteiger partial charge >= 0.3 is 0 Å². The molecule has 0 aliphatic heterocycles. The van der Waals surface area contributed by atoms with E-state index in [-0.39, 0.29) is 6.04 Å². The number of benzene rings is 2. The van der Waals surface area contributed by atoms with Crippen LogP contribution in [-0.2, 0) is 0 Å². The second-order valence-corrected chi connectivity index (χ2v) is 4.91. The maximum Gasteiger partial charge on any atom is 0.181 e. The molecule has 104 valence electrons. The first kappa shape index (κ1) is 13.3. The molecule has 0 N–H and O–H groups in total. The molecule has 0 radical (unpaired) electrons. The molecule has 3 rings (SSSR count). The van der Waals surface area contributed by atoms with Crippen LogP contribution in [0.4, 0.5) is 0 Å². The standard InChI is InChI=1S/C18H17N3/c1-3-14(2)21-18(16-12-8-5-9-13-16)19-17(20-21)15-10-6-4-7-11-15/h3-14H,1H2,2H3. The van der Waals surface area contributed by atoms with E-state index in [1.54, 1.807) is 0 Å². The van der Waals surface area contributed by atoms with E-state index in [4.69, 9.17) is 4.98 Å². The van der Waals surface area contributed by atoms with Crippen molar-refractivity contribution < 1.29 is 0 Å². The SMILES string of the molecule is C=CC(C)n1nc(-c2ccccc2)nc1-c1ccccc1. The van der Waals surface area contributed by atoms with Crippen molar-refractivity contribution >= 4 is 0 Å². The number of hydrogen-bond donors (Lipinski definition) is 0. The molecule has 0 saturated carbocycles. The van der Waals surface area contributed by atoms with E-state index in [2.05, 4.69) is 18.6 Å². The molecule has 0 amide bonds. The molecule has 1 heterocycles. The second kappa shape index (κ2) is 5.75. The highest BCUT2D eigenvalue weighted by Crippen LogP contribution is 2.25. The summed E-state index contributed by atoms with van der Waals surface area (Å²) in [5.41, 5.74) is 2.07. The minimum absolute atomic E-state index is 0.0881. The fourth-order valence-corrected chi connectivity index (χ4v) is 2.20. The summed E-state index contributed by atoms with van der Waals surface area (Å²) in [5, 5.41) is 4.66. The van der Waals surface area contributed by atoms with Crippen molar-refractivity contribution in [2.75, 3.05) is 0 Å². The van der Waals surface area contributed by atoms with Gasteiger partial charge in [0, 0.05) is 11.1 Å². The maximum absolute atomic E-state index is 4.72. The van der Waals surface area contributed by atoms with E-state index >= 15 is 0 Å². The number of rotatable bonds is 4. The molecular weight excluding hydrogens is 258 g/mol. The largest absolute Gasteiger partial charge is 0.238 e. The van der Waals surface area contributed by atoms with Gasteiger partial charge in [0.05, 0.1) is 6.04 Å². The van der Waals surface area contributed by atoms with Crippen molar-refractivity contribution in [1.29, 1.82) is 0 Å². The zero-order chi connectivity index (χ0) is 14.7. The summed E-state index contributed by atoms with van der Waals surface area (Å²) in [5.74, 6) is 1.60. The molecule has 3 nitrogen and oxygen atoms in total. The topological polar surface area (TPSA) is 30.7 Å².